The van der Waals surface area contributed by atoms with E-state index in [1.165, 1.54) is 5.56 Å². The summed E-state index contributed by atoms with van der Waals surface area (Å²) in [6, 6.07) is 8.10. The van der Waals surface area contributed by atoms with E-state index >= 15 is 0 Å². The fourth-order valence-electron chi connectivity index (χ4n) is 4.01. The Morgan fingerprint density at radius 1 is 1.42 bits per heavy atom. The van der Waals surface area contributed by atoms with Gasteiger partial charge in [0.05, 0.1) is 12.2 Å². The zero-order chi connectivity index (χ0) is 17.2. The third-order valence-electron chi connectivity index (χ3n) is 5.58. The molecular weight excluding hydrogens is 302 g/mol. The van der Waals surface area contributed by atoms with E-state index in [0.29, 0.717) is 19.7 Å². The molecule has 0 radical (unpaired) electrons. The molecule has 1 N–H and O–H groups in total. The Morgan fingerprint density at radius 3 is 2.79 bits per heavy atom. The number of ether oxygens (including phenoxy) is 1. The fourth-order valence-corrected chi connectivity index (χ4v) is 4.01. The topological polar surface area (TPSA) is 49.8 Å². The third kappa shape index (κ3) is 3.26. The minimum Gasteiger partial charge on any atom is -0.392 e. The first-order valence-corrected chi connectivity index (χ1v) is 8.88. The Labute approximate surface area is 144 Å². The smallest absolute Gasteiger partial charge is 0.246 e. The minimum atomic E-state index is -0.283. The van der Waals surface area contributed by atoms with Gasteiger partial charge in [-0.3, -0.25) is 4.79 Å². The molecular formula is C20H27NO3. The van der Waals surface area contributed by atoms with E-state index in [2.05, 4.69) is 6.07 Å². The summed E-state index contributed by atoms with van der Waals surface area (Å²) in [6.07, 6.45) is 5.78. The first-order valence-electron chi connectivity index (χ1n) is 8.88. The molecule has 1 amide bonds. The van der Waals surface area contributed by atoms with E-state index in [4.69, 9.17) is 4.74 Å². The predicted octanol–water partition coefficient (Wildman–Crippen LogP) is 2.79. The number of rotatable bonds is 4. The van der Waals surface area contributed by atoms with Gasteiger partial charge in [-0.15, -0.1) is 0 Å². The lowest BCUT2D eigenvalue weighted by molar-refractivity contribution is -0.209. The molecule has 2 unspecified atom stereocenters. The fraction of sp³-hybridized carbons (Fsp3) is 0.550. The molecule has 1 spiro atoms. The average Bonchev–Trinajstić information content (AvgIpc) is 2.60. The van der Waals surface area contributed by atoms with E-state index in [9.17, 15) is 9.90 Å². The van der Waals surface area contributed by atoms with Crippen LogP contribution in [-0.2, 0) is 9.53 Å². The van der Waals surface area contributed by atoms with Crippen molar-refractivity contribution in [2.24, 2.45) is 5.41 Å². The lowest BCUT2D eigenvalue weighted by Crippen LogP contribution is -2.62. The van der Waals surface area contributed by atoms with Crippen LogP contribution in [0.15, 0.2) is 30.3 Å². The molecule has 2 fully saturated rings. The largest absolute Gasteiger partial charge is 0.392 e. The molecule has 1 saturated carbocycles. The van der Waals surface area contributed by atoms with Gasteiger partial charge in [-0.1, -0.05) is 29.8 Å². The molecule has 0 bridgehead atoms. The van der Waals surface area contributed by atoms with Gasteiger partial charge in [-0.2, -0.15) is 0 Å². The molecule has 2 atom stereocenters. The van der Waals surface area contributed by atoms with E-state index in [1.54, 1.807) is 6.08 Å². The quantitative estimate of drug-likeness (QED) is 0.864. The second-order valence-corrected chi connectivity index (χ2v) is 7.00. The summed E-state index contributed by atoms with van der Waals surface area (Å²) in [5.74, 6) is 0.0492. The van der Waals surface area contributed by atoms with Crippen molar-refractivity contribution >= 4 is 12.0 Å². The molecule has 2 aliphatic rings. The predicted molar refractivity (Wildman–Crippen MR) is 94.5 cm³/mol. The molecule has 1 aromatic carbocycles. The van der Waals surface area contributed by atoms with Crippen LogP contribution in [0.4, 0.5) is 0 Å². The highest BCUT2D eigenvalue weighted by Crippen LogP contribution is 2.50. The highest BCUT2D eigenvalue weighted by molar-refractivity contribution is 5.91. The first kappa shape index (κ1) is 17.2. The Bertz CT molecular complexity index is 615. The number of amides is 1. The SMILES string of the molecule is CCOC1CC(O)C12CCN(C(=O)/C=C/c1cccc(C)c1)CC2. The highest BCUT2D eigenvalue weighted by atomic mass is 16.5. The number of benzene rings is 1. The number of hydrogen-bond acceptors (Lipinski definition) is 3. The number of likely N-dealkylation sites (tertiary alicyclic amines) is 1. The van der Waals surface area contributed by atoms with Crippen LogP contribution in [0, 0.1) is 12.3 Å². The summed E-state index contributed by atoms with van der Waals surface area (Å²) < 4.78 is 5.78. The summed E-state index contributed by atoms with van der Waals surface area (Å²) in [6.45, 7) is 6.10. The van der Waals surface area contributed by atoms with Crippen LogP contribution in [0.2, 0.25) is 0 Å². The van der Waals surface area contributed by atoms with Crippen LogP contribution >= 0.6 is 0 Å². The number of aliphatic hydroxyl groups is 1. The van der Waals surface area contributed by atoms with Crippen LogP contribution in [0.5, 0.6) is 0 Å². The van der Waals surface area contributed by atoms with Gasteiger partial charge < -0.3 is 14.7 Å². The van der Waals surface area contributed by atoms with Gasteiger partial charge in [-0.25, -0.2) is 0 Å². The lowest BCUT2D eigenvalue weighted by Gasteiger charge is -2.56. The Morgan fingerprint density at radius 2 is 2.17 bits per heavy atom. The second-order valence-electron chi connectivity index (χ2n) is 7.00. The standard InChI is InChI=1S/C20H27NO3/c1-3-24-18-14-17(22)20(18)9-11-21(12-10-20)19(23)8-7-16-6-4-5-15(2)13-16/h4-8,13,17-18,22H,3,9-12,14H2,1-2H3/b8-7+. The number of nitrogens with zero attached hydrogens (tertiary/aromatic N) is 1. The maximum Gasteiger partial charge on any atom is 0.246 e. The van der Waals surface area contributed by atoms with E-state index < -0.39 is 0 Å². The van der Waals surface area contributed by atoms with Crippen LogP contribution in [0.3, 0.4) is 0 Å². The summed E-state index contributed by atoms with van der Waals surface area (Å²) in [5.41, 5.74) is 2.10. The van der Waals surface area contributed by atoms with E-state index in [-0.39, 0.29) is 23.5 Å². The molecule has 1 aromatic rings. The molecule has 1 aliphatic heterocycles. The molecule has 1 heterocycles. The minimum absolute atomic E-state index is 0.0492. The van der Waals surface area contributed by atoms with E-state index in [0.717, 1.165) is 24.8 Å². The van der Waals surface area contributed by atoms with Crippen molar-refractivity contribution in [3.63, 3.8) is 0 Å². The molecule has 1 saturated heterocycles. The van der Waals surface area contributed by atoms with Gasteiger partial charge in [0.2, 0.25) is 5.91 Å². The summed E-state index contributed by atoms with van der Waals surface area (Å²) >= 11 is 0. The summed E-state index contributed by atoms with van der Waals surface area (Å²) in [4.78, 5) is 14.3. The number of carbonyl (C=O) groups is 1. The normalized spacial score (nSPS) is 25.9. The second kappa shape index (κ2) is 7.08. The van der Waals surface area contributed by atoms with Crippen molar-refractivity contribution in [1.82, 2.24) is 4.90 Å². The Kier molecular flexibility index (Phi) is 5.07. The van der Waals surface area contributed by atoms with E-state index in [1.807, 2.05) is 43.0 Å². The van der Waals surface area contributed by atoms with Crippen LogP contribution < -0.4 is 0 Å². The van der Waals surface area contributed by atoms with Gasteiger partial charge >= 0.3 is 0 Å². The van der Waals surface area contributed by atoms with Gasteiger partial charge in [0.25, 0.3) is 0 Å². The van der Waals surface area contributed by atoms with Crippen LogP contribution in [0.1, 0.15) is 37.3 Å². The van der Waals surface area contributed by atoms with Gasteiger partial charge in [0.1, 0.15) is 0 Å². The summed E-state index contributed by atoms with van der Waals surface area (Å²) in [7, 11) is 0. The first-order chi connectivity index (χ1) is 11.5. The lowest BCUT2D eigenvalue weighted by atomic mass is 9.58. The number of piperidine rings is 1. The monoisotopic (exact) mass is 329 g/mol. The molecule has 4 nitrogen and oxygen atoms in total. The number of carbonyl (C=O) groups excluding carboxylic acids is 1. The van der Waals surface area contributed by atoms with Crippen LogP contribution in [-0.4, -0.2) is 47.8 Å². The van der Waals surface area contributed by atoms with Crippen molar-refractivity contribution in [2.75, 3.05) is 19.7 Å². The molecule has 24 heavy (non-hydrogen) atoms. The van der Waals surface area contributed by atoms with Crippen molar-refractivity contribution < 1.29 is 14.6 Å². The maximum atomic E-state index is 12.4. The number of hydrogen-bond donors (Lipinski definition) is 1. The molecule has 0 aromatic heterocycles. The Hall–Kier alpha value is -1.65. The van der Waals surface area contributed by atoms with Crippen LogP contribution in [0.25, 0.3) is 6.08 Å². The Balaban J connectivity index is 1.57. The summed E-state index contributed by atoms with van der Waals surface area (Å²) in [5, 5.41) is 10.2. The van der Waals surface area contributed by atoms with Crippen molar-refractivity contribution in [3.8, 4) is 0 Å². The van der Waals surface area contributed by atoms with Crippen molar-refractivity contribution in [3.05, 3.63) is 41.5 Å². The van der Waals surface area contributed by atoms with Crippen molar-refractivity contribution in [1.29, 1.82) is 0 Å². The zero-order valence-corrected chi connectivity index (χ0v) is 14.6. The number of aryl methyl sites for hydroxylation is 1. The molecule has 1 aliphatic carbocycles. The van der Waals surface area contributed by atoms with Gasteiger partial charge in [0.15, 0.2) is 0 Å². The maximum absolute atomic E-state index is 12.4. The highest BCUT2D eigenvalue weighted by Gasteiger charge is 2.56. The average molecular weight is 329 g/mol. The third-order valence-corrected chi connectivity index (χ3v) is 5.58. The molecule has 4 heteroatoms. The van der Waals surface area contributed by atoms with Gasteiger partial charge in [-0.05, 0) is 38.3 Å². The zero-order valence-electron chi connectivity index (χ0n) is 14.6. The molecule has 130 valence electrons. The molecule has 3 rings (SSSR count). The number of aliphatic hydroxyl groups excluding tert-OH is 1. The van der Waals surface area contributed by atoms with Crippen molar-refractivity contribution in [2.45, 2.75) is 45.3 Å². The van der Waals surface area contributed by atoms with Gasteiger partial charge in [0, 0.05) is 37.6 Å².